The second-order valence-electron chi connectivity index (χ2n) is 12.1. The third-order valence-electron chi connectivity index (χ3n) is 8.69. The van der Waals surface area contributed by atoms with Crippen LogP contribution in [0.25, 0.3) is 54.9 Å². The molecule has 1 fully saturated rings. The SMILES string of the molecule is C=CC(=O)N[C@H](C)c1cc(-c2nc(-c3ccc4c(c3)ncn4C)c3scc(F)c3c2-c2c(F)cc(F)cc2OC[C@@H]2CC(=O)N(C)C2)n[nH]1. The standard InChI is InChI=1S/C35H30F3N7O3S/c1-5-28(46)40-17(2)23-12-25(43-42-23)34-32(30-21(37)10-20(36)11-27(30)48-14-18-8-29(47)44(3)13-18)31-22(38)15-49-35(31)33(41-34)19-6-7-26-24(9-19)39-16-45(26)4/h5-7,9-12,15-18H,1,8,13-14H2,2-4H3,(H,40,46)(H,42,43)/t17-,18-/m1/s1. The summed E-state index contributed by atoms with van der Waals surface area (Å²) in [6.07, 6.45) is 3.06. The molecule has 14 heteroatoms. The summed E-state index contributed by atoms with van der Waals surface area (Å²) in [5.74, 6) is -3.35. The Labute approximate surface area is 282 Å². The molecule has 1 aliphatic heterocycles. The minimum atomic E-state index is -0.991. The molecule has 2 aromatic carbocycles. The molecule has 4 aromatic heterocycles. The van der Waals surface area contributed by atoms with E-state index < -0.39 is 29.4 Å². The molecule has 0 saturated carbocycles. The van der Waals surface area contributed by atoms with Crippen LogP contribution in [0.2, 0.25) is 0 Å². The summed E-state index contributed by atoms with van der Waals surface area (Å²) in [5, 5.41) is 11.5. The van der Waals surface area contributed by atoms with Gasteiger partial charge in [-0.1, -0.05) is 12.6 Å². The maximum absolute atomic E-state index is 16.2. The van der Waals surface area contributed by atoms with Gasteiger partial charge < -0.3 is 19.5 Å². The molecule has 250 valence electrons. The van der Waals surface area contributed by atoms with Crippen LogP contribution in [0.3, 0.4) is 0 Å². The first-order chi connectivity index (χ1) is 23.5. The van der Waals surface area contributed by atoms with Gasteiger partial charge in [-0.25, -0.2) is 23.1 Å². The lowest BCUT2D eigenvalue weighted by atomic mass is 9.94. The van der Waals surface area contributed by atoms with E-state index in [0.717, 1.165) is 29.0 Å². The molecule has 2 N–H and O–H groups in total. The highest BCUT2D eigenvalue weighted by Crippen LogP contribution is 2.48. The van der Waals surface area contributed by atoms with Crippen molar-refractivity contribution in [3.8, 4) is 39.5 Å². The summed E-state index contributed by atoms with van der Waals surface area (Å²) >= 11 is 1.10. The van der Waals surface area contributed by atoms with Crippen LogP contribution in [-0.2, 0) is 16.6 Å². The van der Waals surface area contributed by atoms with Gasteiger partial charge >= 0.3 is 0 Å². The molecule has 0 bridgehead atoms. The molecular weight excluding hydrogens is 655 g/mol. The Bertz CT molecular complexity index is 2300. The van der Waals surface area contributed by atoms with Crippen LogP contribution in [0.15, 0.2) is 60.8 Å². The molecule has 6 aromatic rings. The molecule has 5 heterocycles. The van der Waals surface area contributed by atoms with Gasteiger partial charge in [0, 0.05) is 67.0 Å². The van der Waals surface area contributed by atoms with Gasteiger partial charge in [-0.3, -0.25) is 14.7 Å². The first-order valence-corrected chi connectivity index (χ1v) is 16.3. The minimum Gasteiger partial charge on any atom is -0.492 e. The average molecular weight is 686 g/mol. The van der Waals surface area contributed by atoms with E-state index in [1.54, 1.807) is 31.3 Å². The Morgan fingerprint density at radius 2 is 1.98 bits per heavy atom. The number of H-pyrrole nitrogens is 1. The lowest BCUT2D eigenvalue weighted by Gasteiger charge is -2.19. The Balaban J connectivity index is 1.46. The number of thiophene rings is 1. The highest BCUT2D eigenvalue weighted by Gasteiger charge is 2.31. The Morgan fingerprint density at radius 3 is 2.73 bits per heavy atom. The van der Waals surface area contributed by atoms with Crippen LogP contribution in [0.1, 0.15) is 25.1 Å². The van der Waals surface area contributed by atoms with Crippen LogP contribution >= 0.6 is 11.3 Å². The summed E-state index contributed by atoms with van der Waals surface area (Å²) in [6, 6.07) is 8.43. The van der Waals surface area contributed by atoms with Gasteiger partial charge in [0.05, 0.1) is 51.7 Å². The van der Waals surface area contributed by atoms with Crippen molar-refractivity contribution in [3.05, 3.63) is 83.9 Å². The third kappa shape index (κ3) is 5.81. The van der Waals surface area contributed by atoms with Crippen LogP contribution in [-0.4, -0.2) is 61.6 Å². The van der Waals surface area contributed by atoms with Gasteiger partial charge in [0.1, 0.15) is 34.6 Å². The number of ether oxygens (including phenoxy) is 1. The number of rotatable bonds is 9. The van der Waals surface area contributed by atoms with Gasteiger partial charge in [-0.05, 0) is 31.2 Å². The highest BCUT2D eigenvalue weighted by atomic mass is 32.1. The van der Waals surface area contributed by atoms with Crippen molar-refractivity contribution in [1.82, 2.24) is 34.9 Å². The molecule has 7 rings (SSSR count). The molecule has 0 unspecified atom stereocenters. The van der Waals surface area contributed by atoms with Gasteiger partial charge in [0.25, 0.3) is 0 Å². The average Bonchev–Trinajstić information content (AvgIpc) is 3.87. The molecule has 2 atom stereocenters. The Kier molecular flexibility index (Phi) is 8.19. The monoisotopic (exact) mass is 685 g/mol. The number of nitrogens with zero attached hydrogens (tertiary/aromatic N) is 5. The lowest BCUT2D eigenvalue weighted by molar-refractivity contribution is -0.126. The van der Waals surface area contributed by atoms with E-state index >= 15 is 8.78 Å². The van der Waals surface area contributed by atoms with Crippen molar-refractivity contribution < 1.29 is 27.5 Å². The summed E-state index contributed by atoms with van der Waals surface area (Å²) in [4.78, 5) is 35.2. The van der Waals surface area contributed by atoms with Gasteiger partial charge in [0.15, 0.2) is 0 Å². The smallest absolute Gasteiger partial charge is 0.243 e. The quantitative estimate of drug-likeness (QED) is 0.167. The number of imidazole rings is 1. The van der Waals surface area contributed by atoms with Crippen molar-refractivity contribution in [2.45, 2.75) is 19.4 Å². The fraction of sp³-hybridized carbons (Fsp3) is 0.229. The van der Waals surface area contributed by atoms with Crippen molar-refractivity contribution >= 4 is 44.3 Å². The Morgan fingerprint density at radius 1 is 1.16 bits per heavy atom. The fourth-order valence-electron chi connectivity index (χ4n) is 6.20. The molecule has 0 spiro atoms. The number of halogens is 3. The lowest BCUT2D eigenvalue weighted by Crippen LogP contribution is -2.24. The second-order valence-corrected chi connectivity index (χ2v) is 13.0. The molecule has 1 aliphatic rings. The summed E-state index contributed by atoms with van der Waals surface area (Å²) in [7, 11) is 3.55. The number of fused-ring (bicyclic) bond motifs is 2. The minimum absolute atomic E-state index is 0.000755. The number of amides is 2. The van der Waals surface area contributed by atoms with E-state index in [0.29, 0.717) is 39.8 Å². The number of carbonyl (C=O) groups excluding carboxylic acids is 2. The number of benzene rings is 2. The van der Waals surface area contributed by atoms with Crippen molar-refractivity contribution in [3.63, 3.8) is 0 Å². The number of aromatic nitrogens is 5. The van der Waals surface area contributed by atoms with E-state index in [2.05, 4.69) is 27.1 Å². The summed E-state index contributed by atoms with van der Waals surface area (Å²) in [6.45, 7) is 5.64. The molecule has 10 nitrogen and oxygen atoms in total. The zero-order chi connectivity index (χ0) is 34.6. The first kappa shape index (κ1) is 32.1. The Hall–Kier alpha value is -5.50. The van der Waals surface area contributed by atoms with E-state index in [-0.39, 0.29) is 58.5 Å². The largest absolute Gasteiger partial charge is 0.492 e. The van der Waals surface area contributed by atoms with Gasteiger partial charge in [-0.15, -0.1) is 11.3 Å². The van der Waals surface area contributed by atoms with Crippen LogP contribution in [0.4, 0.5) is 13.2 Å². The molecule has 0 radical (unpaired) electrons. The maximum Gasteiger partial charge on any atom is 0.243 e. The number of pyridine rings is 1. The predicted molar refractivity (Wildman–Crippen MR) is 180 cm³/mol. The fourth-order valence-corrected chi connectivity index (χ4v) is 7.13. The predicted octanol–water partition coefficient (Wildman–Crippen LogP) is 6.54. The number of carbonyl (C=O) groups is 2. The van der Waals surface area contributed by atoms with E-state index in [4.69, 9.17) is 9.72 Å². The van der Waals surface area contributed by atoms with Crippen molar-refractivity contribution in [2.75, 3.05) is 20.2 Å². The zero-order valence-corrected chi connectivity index (χ0v) is 27.5. The molecule has 0 aliphatic carbocycles. The van der Waals surface area contributed by atoms with Crippen molar-refractivity contribution in [1.29, 1.82) is 0 Å². The van der Waals surface area contributed by atoms with Crippen LogP contribution < -0.4 is 10.1 Å². The number of hydrogen-bond donors (Lipinski definition) is 2. The molecule has 1 saturated heterocycles. The normalized spacial score (nSPS) is 15.3. The van der Waals surface area contributed by atoms with E-state index in [1.807, 2.05) is 29.8 Å². The van der Waals surface area contributed by atoms with Gasteiger partial charge in [-0.2, -0.15) is 5.10 Å². The van der Waals surface area contributed by atoms with Crippen molar-refractivity contribution in [2.24, 2.45) is 13.0 Å². The zero-order valence-electron chi connectivity index (χ0n) is 26.7. The second kappa shape index (κ2) is 12.5. The van der Waals surface area contributed by atoms with E-state index in [1.165, 1.54) is 5.38 Å². The highest BCUT2D eigenvalue weighted by molar-refractivity contribution is 7.17. The summed E-state index contributed by atoms with van der Waals surface area (Å²) < 4.78 is 55.4. The number of aryl methyl sites for hydroxylation is 1. The van der Waals surface area contributed by atoms with Crippen LogP contribution in [0, 0.1) is 23.4 Å². The first-order valence-electron chi connectivity index (χ1n) is 15.4. The number of aromatic amines is 1. The summed E-state index contributed by atoms with van der Waals surface area (Å²) in [5.41, 5.74) is 3.25. The number of hydrogen-bond acceptors (Lipinski definition) is 7. The van der Waals surface area contributed by atoms with E-state index in [9.17, 15) is 14.0 Å². The van der Waals surface area contributed by atoms with Crippen LogP contribution in [0.5, 0.6) is 5.75 Å². The molecule has 2 amide bonds. The molecule has 49 heavy (non-hydrogen) atoms. The number of likely N-dealkylation sites (tertiary alicyclic amines) is 1. The maximum atomic E-state index is 16.2. The topological polar surface area (TPSA) is 118 Å². The molecular formula is C35H30F3N7O3S. The third-order valence-corrected chi connectivity index (χ3v) is 9.64. The van der Waals surface area contributed by atoms with Gasteiger partial charge in [0.2, 0.25) is 11.8 Å². The number of nitrogens with one attached hydrogen (secondary N) is 2.